The molecular weight excluding hydrogens is 664 g/mol. The Labute approximate surface area is 288 Å². The smallest absolute Gasteiger partial charge is 0.317 e. The summed E-state index contributed by atoms with van der Waals surface area (Å²) >= 11 is 7.47. The van der Waals surface area contributed by atoms with Gasteiger partial charge in [-0.15, -0.1) is 16.0 Å². The van der Waals surface area contributed by atoms with E-state index in [2.05, 4.69) is 10.0 Å². The fourth-order valence-corrected chi connectivity index (χ4v) is 7.22. The molecule has 1 aromatic heterocycles. The molecule has 0 fully saturated rings. The largest absolute Gasteiger partial charge is 0.341 e. The van der Waals surface area contributed by atoms with Crippen LogP contribution in [0.25, 0.3) is 21.8 Å². The van der Waals surface area contributed by atoms with E-state index in [1.807, 2.05) is 74.5 Å². The first kappa shape index (κ1) is 33.2. The minimum absolute atomic E-state index is 0.0371. The van der Waals surface area contributed by atoms with Crippen LogP contribution in [-0.2, 0) is 20.9 Å². The van der Waals surface area contributed by atoms with Gasteiger partial charge in [-0.2, -0.15) is 8.42 Å². The third kappa shape index (κ3) is 6.95. The third-order valence-electron chi connectivity index (χ3n) is 7.98. The van der Waals surface area contributed by atoms with Crippen molar-refractivity contribution in [2.75, 3.05) is 5.75 Å². The van der Waals surface area contributed by atoms with Crippen molar-refractivity contribution in [1.29, 1.82) is 0 Å². The number of aromatic nitrogens is 1. The lowest BCUT2D eigenvalue weighted by Gasteiger charge is -2.11. The molecule has 6 rings (SSSR count). The van der Waals surface area contributed by atoms with Crippen molar-refractivity contribution in [2.45, 2.75) is 30.2 Å². The molecule has 1 heterocycles. The van der Waals surface area contributed by atoms with Crippen molar-refractivity contribution in [2.24, 2.45) is 0 Å². The van der Waals surface area contributed by atoms with Gasteiger partial charge in [0, 0.05) is 60.7 Å². The van der Waals surface area contributed by atoms with Crippen molar-refractivity contribution in [3.05, 3.63) is 154 Å². The Balaban J connectivity index is 1.37. The number of hydroxylamine groups is 1. The molecule has 5 aromatic carbocycles. The SMILES string of the molecule is CCn1c2ccc(C(=O)/C(=C/CSc3ccc(Cl)cc3)NOS(=O)(=O)c3ccccc3)cc2c2cc(C(=O)c3ccccc3C)ccc21. The summed E-state index contributed by atoms with van der Waals surface area (Å²) in [6.45, 7) is 4.63. The molecule has 242 valence electrons. The molecule has 0 saturated carbocycles. The lowest BCUT2D eigenvalue weighted by Crippen LogP contribution is -2.25. The molecule has 6 aromatic rings. The Kier molecular flexibility index (Phi) is 9.84. The standard InChI is InChI=1S/C38H31ClN2O5S2/c1-3-41-35-19-13-26(37(42)31-12-8-7-9-25(31)2)23-32(35)33-24-27(14-20-36(33)41)38(43)34(21-22-47-29-17-15-28(39)16-18-29)40-46-48(44,45)30-10-5-4-6-11-30/h4-21,23-24,40H,3,22H2,1-2H3/b34-21-. The zero-order chi connectivity index (χ0) is 33.8. The van der Waals surface area contributed by atoms with Gasteiger partial charge < -0.3 is 4.57 Å². The first-order chi connectivity index (χ1) is 23.2. The summed E-state index contributed by atoms with van der Waals surface area (Å²) in [6, 6.07) is 33.5. The van der Waals surface area contributed by atoms with Gasteiger partial charge in [0.15, 0.2) is 5.78 Å². The van der Waals surface area contributed by atoms with E-state index in [9.17, 15) is 18.0 Å². The second-order valence-electron chi connectivity index (χ2n) is 11.0. The Bertz CT molecular complexity index is 2300. The van der Waals surface area contributed by atoms with Crippen LogP contribution in [0.2, 0.25) is 5.02 Å². The normalized spacial score (nSPS) is 12.0. The van der Waals surface area contributed by atoms with E-state index in [1.54, 1.807) is 48.5 Å². The number of thioether (sulfide) groups is 1. The number of hydrogen-bond acceptors (Lipinski definition) is 7. The third-order valence-corrected chi connectivity index (χ3v) is 10.3. The molecule has 48 heavy (non-hydrogen) atoms. The zero-order valence-electron chi connectivity index (χ0n) is 26.1. The fraction of sp³-hybridized carbons (Fsp3) is 0.105. The Hall–Kier alpha value is -4.67. The first-order valence-electron chi connectivity index (χ1n) is 15.2. The molecule has 0 atom stereocenters. The highest BCUT2D eigenvalue weighted by Gasteiger charge is 2.21. The van der Waals surface area contributed by atoms with Crippen LogP contribution in [0.3, 0.4) is 0 Å². The summed E-state index contributed by atoms with van der Waals surface area (Å²) in [7, 11) is -4.22. The quantitative estimate of drug-likeness (QED) is 0.0592. The summed E-state index contributed by atoms with van der Waals surface area (Å²) in [6.07, 6.45) is 1.60. The van der Waals surface area contributed by atoms with Crippen LogP contribution in [0.1, 0.15) is 38.8 Å². The zero-order valence-corrected chi connectivity index (χ0v) is 28.5. The number of allylic oxidation sites excluding steroid dienone is 1. The number of halogens is 1. The van der Waals surface area contributed by atoms with Gasteiger partial charge in [0.05, 0.1) is 4.90 Å². The van der Waals surface area contributed by atoms with Crippen LogP contribution in [0, 0.1) is 6.92 Å². The molecule has 0 spiro atoms. The number of nitrogens with one attached hydrogen (secondary N) is 1. The van der Waals surface area contributed by atoms with Gasteiger partial charge in [0.25, 0.3) is 0 Å². The monoisotopic (exact) mass is 694 g/mol. The van der Waals surface area contributed by atoms with Crippen LogP contribution in [0.5, 0.6) is 0 Å². The van der Waals surface area contributed by atoms with Gasteiger partial charge in [0.2, 0.25) is 5.78 Å². The van der Waals surface area contributed by atoms with Crippen LogP contribution >= 0.6 is 23.4 Å². The molecule has 7 nitrogen and oxygen atoms in total. The topological polar surface area (TPSA) is 94.5 Å². The van der Waals surface area contributed by atoms with Crippen molar-refractivity contribution >= 4 is 66.9 Å². The molecule has 0 saturated heterocycles. The lowest BCUT2D eigenvalue weighted by molar-refractivity contribution is 0.0991. The second kappa shape index (κ2) is 14.2. The predicted molar refractivity (Wildman–Crippen MR) is 192 cm³/mol. The second-order valence-corrected chi connectivity index (χ2v) is 14.1. The van der Waals surface area contributed by atoms with E-state index in [0.29, 0.717) is 34.0 Å². The molecule has 0 aliphatic carbocycles. The number of hydrogen-bond donors (Lipinski definition) is 1. The summed E-state index contributed by atoms with van der Waals surface area (Å²) < 4.78 is 33.1. The van der Waals surface area contributed by atoms with Gasteiger partial charge in [-0.1, -0.05) is 54.1 Å². The lowest BCUT2D eigenvalue weighted by atomic mass is 9.97. The average molecular weight is 695 g/mol. The van der Waals surface area contributed by atoms with Crippen LogP contribution < -0.4 is 5.48 Å². The van der Waals surface area contributed by atoms with Gasteiger partial charge >= 0.3 is 10.1 Å². The van der Waals surface area contributed by atoms with Crippen LogP contribution in [0.4, 0.5) is 0 Å². The maximum atomic E-state index is 14.0. The Morgan fingerprint density at radius 3 is 2.12 bits per heavy atom. The number of rotatable bonds is 12. The number of ketones is 2. The van der Waals surface area contributed by atoms with E-state index >= 15 is 0 Å². The van der Waals surface area contributed by atoms with E-state index in [1.165, 1.54) is 23.9 Å². The molecule has 10 heteroatoms. The van der Waals surface area contributed by atoms with Gasteiger partial charge in [-0.3, -0.25) is 9.59 Å². The maximum absolute atomic E-state index is 14.0. The number of benzene rings is 5. The summed E-state index contributed by atoms with van der Waals surface area (Å²) in [5.74, 6) is -0.197. The average Bonchev–Trinajstić information content (AvgIpc) is 3.42. The highest BCUT2D eigenvalue weighted by atomic mass is 35.5. The summed E-state index contributed by atoms with van der Waals surface area (Å²) in [4.78, 5) is 28.4. The molecule has 0 amide bonds. The summed E-state index contributed by atoms with van der Waals surface area (Å²) in [5, 5.41) is 2.24. The molecule has 1 N–H and O–H groups in total. The van der Waals surface area contributed by atoms with E-state index < -0.39 is 15.9 Å². The minimum Gasteiger partial charge on any atom is -0.341 e. The maximum Gasteiger partial charge on any atom is 0.317 e. The van der Waals surface area contributed by atoms with E-state index in [-0.39, 0.29) is 16.4 Å². The Morgan fingerprint density at radius 2 is 1.46 bits per heavy atom. The molecule has 0 unspecified atom stereocenters. The molecule has 0 aliphatic rings. The Morgan fingerprint density at radius 1 is 0.833 bits per heavy atom. The number of nitrogens with zero attached hydrogens (tertiary/aromatic N) is 1. The number of carbonyl (C=O) groups excluding carboxylic acids is 2. The number of carbonyl (C=O) groups is 2. The van der Waals surface area contributed by atoms with Crippen molar-refractivity contribution in [1.82, 2.24) is 10.0 Å². The number of fused-ring (bicyclic) bond motifs is 3. The van der Waals surface area contributed by atoms with Gasteiger partial charge in [-0.05, 0) is 98.3 Å². The highest BCUT2D eigenvalue weighted by molar-refractivity contribution is 7.99. The van der Waals surface area contributed by atoms with Crippen LogP contribution in [0.15, 0.2) is 137 Å². The van der Waals surface area contributed by atoms with E-state index in [4.69, 9.17) is 15.9 Å². The predicted octanol–water partition coefficient (Wildman–Crippen LogP) is 8.78. The number of aryl methyl sites for hydroxylation is 2. The fourth-order valence-electron chi connectivity index (χ4n) is 5.53. The van der Waals surface area contributed by atoms with Gasteiger partial charge in [-0.25, -0.2) is 5.48 Å². The van der Waals surface area contributed by atoms with Crippen molar-refractivity contribution in [3.8, 4) is 0 Å². The van der Waals surface area contributed by atoms with Crippen molar-refractivity contribution < 1.29 is 22.3 Å². The van der Waals surface area contributed by atoms with E-state index in [0.717, 1.165) is 32.3 Å². The van der Waals surface area contributed by atoms with Crippen molar-refractivity contribution in [3.63, 3.8) is 0 Å². The van der Waals surface area contributed by atoms with Gasteiger partial charge in [0.1, 0.15) is 5.70 Å². The minimum atomic E-state index is -4.22. The molecular formula is C38H31ClN2O5S2. The molecule has 0 bridgehead atoms. The van der Waals surface area contributed by atoms with Crippen LogP contribution in [-0.4, -0.2) is 30.3 Å². The number of Topliss-reactive ketones (excluding diaryl/α,β-unsaturated/α-hetero) is 1. The molecule has 0 radical (unpaired) electrons. The highest BCUT2D eigenvalue weighted by Crippen LogP contribution is 2.32. The first-order valence-corrected chi connectivity index (χ1v) is 18.0. The molecule has 0 aliphatic heterocycles. The summed E-state index contributed by atoms with van der Waals surface area (Å²) in [5.41, 5.74) is 6.64.